The Balaban J connectivity index is 2.00. The zero-order chi connectivity index (χ0) is 14.1. The van der Waals surface area contributed by atoms with Crippen LogP contribution >= 0.6 is 0 Å². The molecule has 2 aromatic carbocycles. The quantitative estimate of drug-likeness (QED) is 0.668. The van der Waals surface area contributed by atoms with Gasteiger partial charge in [-0.25, -0.2) is 9.37 Å². The van der Waals surface area contributed by atoms with Gasteiger partial charge in [-0.3, -0.25) is 4.79 Å². The lowest BCUT2D eigenvalue weighted by atomic mass is 10.1. The van der Waals surface area contributed by atoms with Gasteiger partial charge in [-0.15, -0.1) is 0 Å². The van der Waals surface area contributed by atoms with Crippen molar-refractivity contribution in [1.29, 1.82) is 0 Å². The third-order valence-corrected chi connectivity index (χ3v) is 3.13. The molecule has 0 saturated carbocycles. The topological polar surface area (TPSA) is 43.1 Å². The molecule has 0 spiro atoms. The van der Waals surface area contributed by atoms with Crippen molar-refractivity contribution in [2.75, 3.05) is 0 Å². The molecule has 1 heterocycles. The molecular weight excluding hydrogens is 257 g/mol. The minimum absolute atomic E-state index is 0.0937. The molecule has 0 N–H and O–H groups in total. The first-order valence-electron chi connectivity index (χ1n) is 6.37. The molecule has 100 valence electrons. The van der Waals surface area contributed by atoms with Crippen molar-refractivity contribution in [3.05, 3.63) is 53.8 Å². The third kappa shape index (κ3) is 2.20. The van der Waals surface area contributed by atoms with Crippen LogP contribution in [-0.2, 0) is 0 Å². The largest absolute Gasteiger partial charge is 0.436 e. The van der Waals surface area contributed by atoms with Crippen molar-refractivity contribution >= 4 is 16.9 Å². The van der Waals surface area contributed by atoms with Crippen LogP contribution < -0.4 is 0 Å². The Hall–Kier alpha value is -2.49. The van der Waals surface area contributed by atoms with E-state index >= 15 is 0 Å². The van der Waals surface area contributed by atoms with E-state index in [1.165, 1.54) is 12.1 Å². The van der Waals surface area contributed by atoms with E-state index in [-0.39, 0.29) is 11.6 Å². The molecule has 0 amide bonds. The highest BCUT2D eigenvalue weighted by Gasteiger charge is 2.10. The van der Waals surface area contributed by atoms with E-state index in [1.807, 2.05) is 6.92 Å². The van der Waals surface area contributed by atoms with Gasteiger partial charge in [-0.05, 0) is 24.3 Å². The Kier molecular flexibility index (Phi) is 3.06. The van der Waals surface area contributed by atoms with Crippen molar-refractivity contribution in [3.63, 3.8) is 0 Å². The number of fused-ring (bicyclic) bond motifs is 1. The number of rotatable bonds is 3. The Morgan fingerprint density at radius 1 is 1.20 bits per heavy atom. The van der Waals surface area contributed by atoms with Gasteiger partial charge in [0.15, 0.2) is 11.4 Å². The standard InChI is InChI=1S/C16H12FNO2/c1-2-14(19)10-3-5-11(6-4-10)16-18-13-8-7-12(17)9-15(13)20-16/h3-9H,2H2,1H3. The number of halogens is 1. The number of hydrogen-bond acceptors (Lipinski definition) is 3. The van der Waals surface area contributed by atoms with Crippen molar-refractivity contribution in [2.24, 2.45) is 0 Å². The van der Waals surface area contributed by atoms with E-state index in [4.69, 9.17) is 4.42 Å². The lowest BCUT2D eigenvalue weighted by molar-refractivity contribution is 0.0988. The minimum Gasteiger partial charge on any atom is -0.436 e. The maximum absolute atomic E-state index is 13.1. The zero-order valence-corrected chi connectivity index (χ0v) is 10.9. The summed E-state index contributed by atoms with van der Waals surface area (Å²) in [6, 6.07) is 11.3. The number of ketones is 1. The summed E-state index contributed by atoms with van der Waals surface area (Å²) in [7, 11) is 0. The fraction of sp³-hybridized carbons (Fsp3) is 0.125. The highest BCUT2D eigenvalue weighted by atomic mass is 19.1. The summed E-state index contributed by atoms with van der Waals surface area (Å²) in [6.07, 6.45) is 0.474. The van der Waals surface area contributed by atoms with Crippen LogP contribution in [0.4, 0.5) is 4.39 Å². The predicted molar refractivity (Wildman–Crippen MR) is 74.0 cm³/mol. The van der Waals surface area contributed by atoms with Crippen LogP contribution in [-0.4, -0.2) is 10.8 Å². The molecule has 0 aliphatic rings. The summed E-state index contributed by atoms with van der Waals surface area (Å²) in [4.78, 5) is 15.9. The van der Waals surface area contributed by atoms with Gasteiger partial charge < -0.3 is 4.42 Å². The van der Waals surface area contributed by atoms with Gasteiger partial charge in [0.1, 0.15) is 11.3 Å². The van der Waals surface area contributed by atoms with Crippen LogP contribution in [0.1, 0.15) is 23.7 Å². The van der Waals surface area contributed by atoms with E-state index in [1.54, 1.807) is 30.3 Å². The molecule has 0 aliphatic carbocycles. The Bertz CT molecular complexity index is 775. The van der Waals surface area contributed by atoms with E-state index in [2.05, 4.69) is 4.98 Å². The van der Waals surface area contributed by atoms with Gasteiger partial charge >= 0.3 is 0 Å². The van der Waals surface area contributed by atoms with Crippen LogP contribution in [0, 0.1) is 5.82 Å². The maximum Gasteiger partial charge on any atom is 0.227 e. The fourth-order valence-electron chi connectivity index (χ4n) is 2.02. The van der Waals surface area contributed by atoms with E-state index in [0.29, 0.717) is 29.0 Å². The van der Waals surface area contributed by atoms with Crippen molar-refractivity contribution < 1.29 is 13.6 Å². The molecule has 3 nitrogen and oxygen atoms in total. The Labute approximate surface area is 115 Å². The molecule has 3 aromatic rings. The molecule has 3 rings (SSSR count). The maximum atomic E-state index is 13.1. The summed E-state index contributed by atoms with van der Waals surface area (Å²) in [6.45, 7) is 1.82. The summed E-state index contributed by atoms with van der Waals surface area (Å²) in [5.74, 6) is 0.154. The molecule has 20 heavy (non-hydrogen) atoms. The van der Waals surface area contributed by atoms with E-state index < -0.39 is 0 Å². The molecule has 0 fully saturated rings. The van der Waals surface area contributed by atoms with Gasteiger partial charge in [0, 0.05) is 23.6 Å². The molecule has 0 bridgehead atoms. The molecule has 0 saturated heterocycles. The van der Waals surface area contributed by atoms with E-state index in [9.17, 15) is 9.18 Å². The average Bonchev–Trinajstić information content (AvgIpc) is 2.89. The number of oxazole rings is 1. The second kappa shape index (κ2) is 4.89. The molecule has 0 aliphatic heterocycles. The molecule has 0 radical (unpaired) electrons. The van der Waals surface area contributed by atoms with Crippen LogP contribution in [0.15, 0.2) is 46.9 Å². The first-order chi connectivity index (χ1) is 9.67. The van der Waals surface area contributed by atoms with Crippen LogP contribution in [0.2, 0.25) is 0 Å². The lowest BCUT2D eigenvalue weighted by Gasteiger charge is -1.99. The van der Waals surface area contributed by atoms with Gasteiger partial charge in [-0.2, -0.15) is 0 Å². The normalized spacial score (nSPS) is 10.9. The molecule has 0 unspecified atom stereocenters. The van der Waals surface area contributed by atoms with Gasteiger partial charge in [0.05, 0.1) is 0 Å². The average molecular weight is 269 g/mol. The highest BCUT2D eigenvalue weighted by Crippen LogP contribution is 2.25. The summed E-state index contributed by atoms with van der Waals surface area (Å²) >= 11 is 0. The Morgan fingerprint density at radius 2 is 1.95 bits per heavy atom. The number of carbonyl (C=O) groups excluding carboxylic acids is 1. The monoisotopic (exact) mass is 269 g/mol. The first-order valence-corrected chi connectivity index (χ1v) is 6.37. The minimum atomic E-state index is -0.357. The second-order valence-corrected chi connectivity index (χ2v) is 4.49. The van der Waals surface area contributed by atoms with E-state index in [0.717, 1.165) is 5.56 Å². The molecule has 0 atom stereocenters. The SMILES string of the molecule is CCC(=O)c1ccc(-c2nc3ccc(F)cc3o2)cc1. The number of Topliss-reactive ketones (excluding diaryl/α,β-unsaturated/α-hetero) is 1. The second-order valence-electron chi connectivity index (χ2n) is 4.49. The Morgan fingerprint density at radius 3 is 2.65 bits per heavy atom. The van der Waals surface area contributed by atoms with Crippen molar-refractivity contribution in [1.82, 2.24) is 4.98 Å². The van der Waals surface area contributed by atoms with Gasteiger partial charge in [-0.1, -0.05) is 19.1 Å². The molecule has 4 heteroatoms. The highest BCUT2D eigenvalue weighted by molar-refractivity contribution is 5.96. The summed E-state index contributed by atoms with van der Waals surface area (Å²) in [5.41, 5.74) is 2.44. The molecule has 1 aromatic heterocycles. The third-order valence-electron chi connectivity index (χ3n) is 3.13. The predicted octanol–water partition coefficient (Wildman–Crippen LogP) is 4.23. The van der Waals surface area contributed by atoms with Crippen LogP contribution in [0.3, 0.4) is 0 Å². The zero-order valence-electron chi connectivity index (χ0n) is 10.9. The first kappa shape index (κ1) is 12.5. The van der Waals surface area contributed by atoms with Crippen LogP contribution in [0.25, 0.3) is 22.6 Å². The van der Waals surface area contributed by atoms with Crippen LogP contribution in [0.5, 0.6) is 0 Å². The molecular formula is C16H12FNO2. The smallest absolute Gasteiger partial charge is 0.227 e. The number of carbonyl (C=O) groups is 1. The fourth-order valence-corrected chi connectivity index (χ4v) is 2.02. The van der Waals surface area contributed by atoms with Crippen molar-refractivity contribution in [2.45, 2.75) is 13.3 Å². The number of nitrogens with zero attached hydrogens (tertiary/aromatic N) is 1. The summed E-state index contributed by atoms with van der Waals surface area (Å²) in [5, 5.41) is 0. The van der Waals surface area contributed by atoms with Crippen molar-refractivity contribution in [3.8, 4) is 11.5 Å². The summed E-state index contributed by atoms with van der Waals surface area (Å²) < 4.78 is 18.6. The number of aromatic nitrogens is 1. The van der Waals surface area contributed by atoms with Gasteiger partial charge in [0.2, 0.25) is 5.89 Å². The number of hydrogen-bond donors (Lipinski definition) is 0. The number of benzene rings is 2. The van der Waals surface area contributed by atoms with Gasteiger partial charge in [0.25, 0.3) is 0 Å². The lowest BCUT2D eigenvalue weighted by Crippen LogP contribution is -1.95.